The average Bonchev–Trinajstić information content (AvgIpc) is 3.01. The fourth-order valence-corrected chi connectivity index (χ4v) is 4.05. The van der Waals surface area contributed by atoms with Crippen LogP contribution in [0.15, 0.2) is 18.2 Å². The van der Waals surface area contributed by atoms with E-state index in [1.165, 1.54) is 6.07 Å². The van der Waals surface area contributed by atoms with Gasteiger partial charge in [-0.25, -0.2) is 0 Å². The van der Waals surface area contributed by atoms with Crippen molar-refractivity contribution in [2.45, 2.75) is 25.3 Å². The van der Waals surface area contributed by atoms with Crippen LogP contribution in [-0.2, 0) is 4.79 Å². The molecule has 0 aromatic heterocycles. The van der Waals surface area contributed by atoms with Crippen molar-refractivity contribution < 1.29 is 14.7 Å². The Balaban J connectivity index is 1.89. The molecule has 3 rings (SSSR count). The number of rotatable bonds is 4. The monoisotopic (exact) mass is 308 g/mol. The lowest BCUT2D eigenvalue weighted by Gasteiger charge is -2.30. The molecule has 4 atom stereocenters. The molecule has 21 heavy (non-hydrogen) atoms. The maximum absolute atomic E-state index is 11.5. The zero-order chi connectivity index (χ0) is 15.1. The van der Waals surface area contributed by atoms with Crippen molar-refractivity contribution in [2.75, 3.05) is 5.32 Å². The molecule has 0 radical (unpaired) electrons. The van der Waals surface area contributed by atoms with E-state index in [0.717, 1.165) is 19.3 Å². The van der Waals surface area contributed by atoms with Gasteiger partial charge in [0.15, 0.2) is 0 Å². The number of halogens is 1. The van der Waals surface area contributed by atoms with Gasteiger partial charge in [0.1, 0.15) is 0 Å². The van der Waals surface area contributed by atoms with Gasteiger partial charge in [-0.15, -0.1) is 0 Å². The predicted molar refractivity (Wildman–Crippen MR) is 79.3 cm³/mol. The van der Waals surface area contributed by atoms with Crippen LogP contribution in [0, 0.1) is 17.8 Å². The van der Waals surface area contributed by atoms with Crippen molar-refractivity contribution >= 4 is 29.2 Å². The quantitative estimate of drug-likeness (QED) is 0.796. The zero-order valence-electron chi connectivity index (χ0n) is 11.4. The van der Waals surface area contributed by atoms with Gasteiger partial charge in [0.2, 0.25) is 0 Å². The van der Waals surface area contributed by atoms with Gasteiger partial charge >= 0.3 is 5.97 Å². The molecule has 1 amide bonds. The Morgan fingerprint density at radius 1 is 1.29 bits per heavy atom. The van der Waals surface area contributed by atoms with Gasteiger partial charge in [-0.3, -0.25) is 9.59 Å². The molecule has 2 bridgehead atoms. The Morgan fingerprint density at radius 3 is 2.67 bits per heavy atom. The standard InChI is InChI=1S/C15H17ClN2O3/c16-9-3-4-11(10(6-9)14(17)19)18-13-8-2-1-7(5-8)12(13)15(20)21/h3-4,6-8,12-13,18H,1-2,5H2,(H2,17,19)(H,20,21). The van der Waals surface area contributed by atoms with Gasteiger partial charge in [-0.2, -0.15) is 0 Å². The third-order valence-corrected chi connectivity index (χ3v) is 5.01. The summed E-state index contributed by atoms with van der Waals surface area (Å²) in [6.07, 6.45) is 2.95. The number of hydrogen-bond donors (Lipinski definition) is 3. The molecule has 6 heteroatoms. The molecule has 0 spiro atoms. The number of nitrogens with two attached hydrogens (primary N) is 1. The summed E-state index contributed by atoms with van der Waals surface area (Å²) in [5.41, 5.74) is 6.24. The van der Waals surface area contributed by atoms with Crippen LogP contribution in [0.1, 0.15) is 29.6 Å². The summed E-state index contributed by atoms with van der Waals surface area (Å²) in [5.74, 6) is -1.17. The topological polar surface area (TPSA) is 92.4 Å². The van der Waals surface area contributed by atoms with Crippen molar-refractivity contribution in [3.8, 4) is 0 Å². The molecule has 2 aliphatic rings. The fraction of sp³-hybridized carbons (Fsp3) is 0.467. The number of carbonyl (C=O) groups is 2. The summed E-state index contributed by atoms with van der Waals surface area (Å²) in [5, 5.41) is 13.1. The van der Waals surface area contributed by atoms with Crippen molar-refractivity contribution in [1.29, 1.82) is 0 Å². The fourth-order valence-electron chi connectivity index (χ4n) is 3.88. The summed E-state index contributed by atoms with van der Waals surface area (Å²) in [7, 11) is 0. The summed E-state index contributed by atoms with van der Waals surface area (Å²) in [6, 6.07) is 4.71. The average molecular weight is 309 g/mol. The highest BCUT2D eigenvalue weighted by atomic mass is 35.5. The van der Waals surface area contributed by atoms with Crippen LogP contribution < -0.4 is 11.1 Å². The number of carboxylic acids is 1. The van der Waals surface area contributed by atoms with E-state index in [9.17, 15) is 14.7 Å². The number of aliphatic carboxylic acids is 1. The van der Waals surface area contributed by atoms with Crippen molar-refractivity contribution in [3.63, 3.8) is 0 Å². The minimum absolute atomic E-state index is 0.152. The molecule has 2 aliphatic carbocycles. The largest absolute Gasteiger partial charge is 0.481 e. The first-order valence-electron chi connectivity index (χ1n) is 7.06. The molecule has 2 fully saturated rings. The molecule has 1 aromatic carbocycles. The van der Waals surface area contributed by atoms with Crippen molar-refractivity contribution in [3.05, 3.63) is 28.8 Å². The molecule has 0 saturated heterocycles. The van der Waals surface area contributed by atoms with Gasteiger partial charge < -0.3 is 16.2 Å². The predicted octanol–water partition coefficient (Wildman–Crippen LogP) is 2.35. The Labute approximate surface area is 127 Å². The lowest BCUT2D eigenvalue weighted by atomic mass is 9.84. The first kappa shape index (κ1) is 14.2. The van der Waals surface area contributed by atoms with E-state index in [4.69, 9.17) is 17.3 Å². The number of amides is 1. The number of fused-ring (bicyclic) bond motifs is 2. The third kappa shape index (κ3) is 2.46. The van der Waals surface area contributed by atoms with Crippen molar-refractivity contribution in [1.82, 2.24) is 0 Å². The number of hydrogen-bond acceptors (Lipinski definition) is 3. The minimum atomic E-state index is -0.769. The summed E-state index contributed by atoms with van der Waals surface area (Å²) < 4.78 is 0. The lowest BCUT2D eigenvalue weighted by molar-refractivity contribution is -0.143. The first-order chi connectivity index (χ1) is 9.97. The molecule has 0 aliphatic heterocycles. The molecule has 112 valence electrons. The van der Waals surface area contributed by atoms with Crippen LogP contribution in [0.2, 0.25) is 5.02 Å². The third-order valence-electron chi connectivity index (χ3n) is 4.77. The maximum atomic E-state index is 11.5. The number of anilines is 1. The van der Waals surface area contributed by atoms with Gasteiger partial charge in [0, 0.05) is 16.8 Å². The van der Waals surface area contributed by atoms with E-state index in [2.05, 4.69) is 5.32 Å². The van der Waals surface area contributed by atoms with Gasteiger partial charge in [-0.05, 0) is 49.3 Å². The molecular weight excluding hydrogens is 292 g/mol. The minimum Gasteiger partial charge on any atom is -0.481 e. The van der Waals surface area contributed by atoms with E-state index >= 15 is 0 Å². The van der Waals surface area contributed by atoms with Crippen LogP contribution in [0.25, 0.3) is 0 Å². The highest BCUT2D eigenvalue weighted by Gasteiger charge is 2.51. The number of primary amides is 1. The number of carbonyl (C=O) groups excluding carboxylic acids is 1. The smallest absolute Gasteiger partial charge is 0.308 e. The van der Waals surface area contributed by atoms with Crippen LogP contribution in [-0.4, -0.2) is 23.0 Å². The Kier molecular flexibility index (Phi) is 3.53. The maximum Gasteiger partial charge on any atom is 0.308 e. The van der Waals surface area contributed by atoms with Gasteiger partial charge in [-0.1, -0.05) is 11.6 Å². The van der Waals surface area contributed by atoms with E-state index in [1.54, 1.807) is 12.1 Å². The lowest BCUT2D eigenvalue weighted by Crippen LogP contribution is -2.39. The number of benzene rings is 1. The molecule has 5 nitrogen and oxygen atoms in total. The molecule has 0 heterocycles. The van der Waals surface area contributed by atoms with Crippen LogP contribution in [0.3, 0.4) is 0 Å². The second kappa shape index (κ2) is 5.22. The number of carboxylic acid groups (broad SMARTS) is 1. The van der Waals surface area contributed by atoms with Gasteiger partial charge in [0.25, 0.3) is 5.91 Å². The van der Waals surface area contributed by atoms with Crippen LogP contribution in [0.4, 0.5) is 5.69 Å². The van der Waals surface area contributed by atoms with Crippen LogP contribution >= 0.6 is 11.6 Å². The van der Waals surface area contributed by atoms with E-state index in [1.807, 2.05) is 0 Å². The SMILES string of the molecule is NC(=O)c1cc(Cl)ccc1NC1C2CCC(C2)C1C(=O)O. The number of nitrogens with one attached hydrogen (secondary N) is 1. The Hall–Kier alpha value is -1.75. The first-order valence-corrected chi connectivity index (χ1v) is 7.44. The van der Waals surface area contributed by atoms with E-state index in [0.29, 0.717) is 22.2 Å². The molecule has 2 saturated carbocycles. The normalized spacial score (nSPS) is 30.3. The van der Waals surface area contributed by atoms with Crippen LogP contribution in [0.5, 0.6) is 0 Å². The summed E-state index contributed by atoms with van der Waals surface area (Å²) in [6.45, 7) is 0. The van der Waals surface area contributed by atoms with Gasteiger partial charge in [0.05, 0.1) is 11.5 Å². The Morgan fingerprint density at radius 2 is 2.00 bits per heavy atom. The second-order valence-corrected chi connectivity index (χ2v) is 6.36. The summed E-state index contributed by atoms with van der Waals surface area (Å²) >= 11 is 5.89. The summed E-state index contributed by atoms with van der Waals surface area (Å²) in [4.78, 5) is 23.0. The highest BCUT2D eigenvalue weighted by Crippen LogP contribution is 2.49. The van der Waals surface area contributed by atoms with E-state index < -0.39 is 17.8 Å². The molecule has 4 N–H and O–H groups in total. The zero-order valence-corrected chi connectivity index (χ0v) is 12.1. The molecule has 1 aromatic rings. The Bertz CT molecular complexity index is 605. The molecule has 4 unspecified atom stereocenters. The van der Waals surface area contributed by atoms with E-state index in [-0.39, 0.29) is 12.0 Å². The second-order valence-electron chi connectivity index (χ2n) is 5.92. The van der Waals surface area contributed by atoms with Crippen molar-refractivity contribution in [2.24, 2.45) is 23.5 Å². The molecular formula is C15H17ClN2O3. The highest BCUT2D eigenvalue weighted by molar-refractivity contribution is 6.31.